The van der Waals surface area contributed by atoms with Gasteiger partial charge in [-0.05, 0) is 20.3 Å². The number of nitrogens with zero attached hydrogens (tertiary/aromatic N) is 2. The summed E-state index contributed by atoms with van der Waals surface area (Å²) in [6.07, 6.45) is 5.70. The van der Waals surface area contributed by atoms with Gasteiger partial charge in [-0.3, -0.25) is 0 Å². The van der Waals surface area contributed by atoms with Crippen LogP contribution in [-0.4, -0.2) is 36.2 Å². The number of hydrogen-bond acceptors (Lipinski definition) is 2. The van der Waals surface area contributed by atoms with Crippen molar-refractivity contribution in [3.63, 3.8) is 0 Å². The summed E-state index contributed by atoms with van der Waals surface area (Å²) in [6, 6.07) is 0. The van der Waals surface area contributed by atoms with Crippen LogP contribution in [0.1, 0.15) is 20.3 Å². The molecule has 0 atom stereocenters. The zero-order chi connectivity index (χ0) is 8.48. The molecule has 64 valence electrons. The van der Waals surface area contributed by atoms with Crippen molar-refractivity contribution in [2.24, 2.45) is 0 Å². The third kappa shape index (κ3) is 1.82. The van der Waals surface area contributed by atoms with Crippen LogP contribution in [0.2, 0.25) is 0 Å². The van der Waals surface area contributed by atoms with Gasteiger partial charge in [0.1, 0.15) is 0 Å². The summed E-state index contributed by atoms with van der Waals surface area (Å²) in [5.74, 6) is 0. The molecule has 0 aromatic carbocycles. The van der Waals surface area contributed by atoms with Crippen LogP contribution in [-0.2, 0) is 0 Å². The van der Waals surface area contributed by atoms with E-state index in [2.05, 4.69) is 50.1 Å². The Morgan fingerprint density at radius 2 is 1.91 bits per heavy atom. The standard InChI is InChI=1S/C9H18N2/c1-9(2)7-5-6-8-10(3)11(9)4/h5,7H,6,8H2,1-4H3. The Hall–Kier alpha value is -0.340. The van der Waals surface area contributed by atoms with Crippen molar-refractivity contribution >= 4 is 0 Å². The Balaban J connectivity index is 2.76. The average molecular weight is 154 g/mol. The van der Waals surface area contributed by atoms with Crippen molar-refractivity contribution in [2.75, 3.05) is 20.6 Å². The second kappa shape index (κ2) is 2.95. The Kier molecular flexibility index (Phi) is 2.35. The minimum atomic E-state index is 0.172. The molecule has 1 aliphatic heterocycles. The zero-order valence-electron chi connectivity index (χ0n) is 7.96. The molecule has 2 nitrogen and oxygen atoms in total. The van der Waals surface area contributed by atoms with E-state index in [1.165, 1.54) is 0 Å². The first-order valence-corrected chi connectivity index (χ1v) is 4.16. The first kappa shape index (κ1) is 8.75. The highest BCUT2D eigenvalue weighted by Crippen LogP contribution is 2.18. The Labute approximate surface area is 69.5 Å². The summed E-state index contributed by atoms with van der Waals surface area (Å²) in [4.78, 5) is 0. The van der Waals surface area contributed by atoms with E-state index in [0.29, 0.717) is 0 Å². The normalized spacial score (nSPS) is 26.9. The van der Waals surface area contributed by atoms with Gasteiger partial charge in [0.05, 0.1) is 0 Å². The summed E-state index contributed by atoms with van der Waals surface area (Å²) in [6.45, 7) is 5.58. The van der Waals surface area contributed by atoms with Crippen LogP contribution in [0.3, 0.4) is 0 Å². The van der Waals surface area contributed by atoms with Gasteiger partial charge in [0, 0.05) is 26.2 Å². The lowest BCUT2D eigenvalue weighted by atomic mass is 10.1. The van der Waals surface area contributed by atoms with Gasteiger partial charge in [-0.15, -0.1) is 0 Å². The Morgan fingerprint density at radius 1 is 1.27 bits per heavy atom. The van der Waals surface area contributed by atoms with Gasteiger partial charge in [0.25, 0.3) is 0 Å². The predicted molar refractivity (Wildman–Crippen MR) is 48.2 cm³/mol. The van der Waals surface area contributed by atoms with Crippen LogP contribution in [0.4, 0.5) is 0 Å². The van der Waals surface area contributed by atoms with Crippen LogP contribution < -0.4 is 0 Å². The van der Waals surface area contributed by atoms with Gasteiger partial charge in [-0.2, -0.15) is 0 Å². The smallest absolute Gasteiger partial charge is 0.0476 e. The molecule has 0 saturated heterocycles. The van der Waals surface area contributed by atoms with Gasteiger partial charge in [0.15, 0.2) is 0 Å². The highest BCUT2D eigenvalue weighted by atomic mass is 15.6. The molecule has 0 fully saturated rings. The quantitative estimate of drug-likeness (QED) is 0.488. The predicted octanol–water partition coefficient (Wildman–Crippen LogP) is 1.50. The van der Waals surface area contributed by atoms with E-state index in [1.54, 1.807) is 0 Å². The number of hydrazine groups is 1. The fourth-order valence-corrected chi connectivity index (χ4v) is 1.33. The van der Waals surface area contributed by atoms with Gasteiger partial charge >= 0.3 is 0 Å². The topological polar surface area (TPSA) is 6.48 Å². The second-order valence-electron chi connectivity index (χ2n) is 3.75. The maximum Gasteiger partial charge on any atom is 0.0476 e. The molecule has 0 aromatic rings. The summed E-state index contributed by atoms with van der Waals surface area (Å²) < 4.78 is 0. The van der Waals surface area contributed by atoms with Crippen LogP contribution in [0.5, 0.6) is 0 Å². The Bertz CT molecular complexity index is 161. The maximum absolute atomic E-state index is 2.27. The molecule has 0 N–H and O–H groups in total. The van der Waals surface area contributed by atoms with E-state index in [0.717, 1.165) is 13.0 Å². The van der Waals surface area contributed by atoms with Crippen molar-refractivity contribution in [1.82, 2.24) is 10.0 Å². The van der Waals surface area contributed by atoms with Crippen molar-refractivity contribution in [3.05, 3.63) is 12.2 Å². The average Bonchev–Trinajstić information content (AvgIpc) is 2.03. The molecule has 1 rings (SSSR count). The van der Waals surface area contributed by atoms with Gasteiger partial charge in [-0.1, -0.05) is 12.2 Å². The molecule has 0 aromatic heterocycles. The first-order chi connectivity index (χ1) is 5.04. The van der Waals surface area contributed by atoms with Crippen molar-refractivity contribution in [1.29, 1.82) is 0 Å². The molecule has 1 heterocycles. The minimum Gasteiger partial charge on any atom is -0.244 e. The molecule has 0 spiro atoms. The molecule has 1 aliphatic rings. The molecule has 0 saturated carbocycles. The fraction of sp³-hybridized carbons (Fsp3) is 0.778. The summed E-state index contributed by atoms with van der Waals surface area (Å²) in [5, 5.41) is 4.54. The van der Waals surface area contributed by atoms with E-state index in [4.69, 9.17) is 0 Å². The molecule has 0 amide bonds. The van der Waals surface area contributed by atoms with Crippen LogP contribution >= 0.6 is 0 Å². The van der Waals surface area contributed by atoms with E-state index >= 15 is 0 Å². The van der Waals surface area contributed by atoms with Gasteiger partial charge in [0.2, 0.25) is 0 Å². The third-order valence-corrected chi connectivity index (χ3v) is 2.49. The summed E-state index contributed by atoms with van der Waals surface area (Å²) in [7, 11) is 4.27. The molecule has 0 bridgehead atoms. The van der Waals surface area contributed by atoms with Crippen molar-refractivity contribution in [3.8, 4) is 0 Å². The van der Waals surface area contributed by atoms with E-state index < -0.39 is 0 Å². The molecule has 0 aliphatic carbocycles. The van der Waals surface area contributed by atoms with Gasteiger partial charge in [-0.25, -0.2) is 10.0 Å². The number of rotatable bonds is 0. The van der Waals surface area contributed by atoms with Crippen LogP contribution in [0, 0.1) is 0 Å². The number of likely N-dealkylation sites (N-methyl/N-ethyl adjacent to an activating group) is 1. The van der Waals surface area contributed by atoms with Crippen LogP contribution in [0.15, 0.2) is 12.2 Å². The molecule has 11 heavy (non-hydrogen) atoms. The minimum absolute atomic E-state index is 0.172. The molecular weight excluding hydrogens is 136 g/mol. The lowest BCUT2D eigenvalue weighted by molar-refractivity contribution is -0.0286. The third-order valence-electron chi connectivity index (χ3n) is 2.49. The SMILES string of the molecule is CN1CCC=CC(C)(C)N1C. The van der Waals surface area contributed by atoms with Gasteiger partial charge < -0.3 is 0 Å². The Morgan fingerprint density at radius 3 is 2.55 bits per heavy atom. The monoisotopic (exact) mass is 154 g/mol. The largest absolute Gasteiger partial charge is 0.244 e. The maximum atomic E-state index is 2.27. The van der Waals surface area contributed by atoms with Crippen LogP contribution in [0.25, 0.3) is 0 Å². The zero-order valence-corrected chi connectivity index (χ0v) is 7.96. The van der Waals surface area contributed by atoms with E-state index in [9.17, 15) is 0 Å². The fourth-order valence-electron chi connectivity index (χ4n) is 1.33. The molecule has 2 heteroatoms. The molecule has 0 unspecified atom stereocenters. The lowest BCUT2D eigenvalue weighted by Gasteiger charge is -2.37. The van der Waals surface area contributed by atoms with Crippen molar-refractivity contribution < 1.29 is 0 Å². The first-order valence-electron chi connectivity index (χ1n) is 4.16. The van der Waals surface area contributed by atoms with E-state index in [1.807, 2.05) is 0 Å². The van der Waals surface area contributed by atoms with Crippen molar-refractivity contribution in [2.45, 2.75) is 25.8 Å². The second-order valence-corrected chi connectivity index (χ2v) is 3.75. The lowest BCUT2D eigenvalue weighted by Crippen LogP contribution is -2.48. The molecule has 0 radical (unpaired) electrons. The number of hydrogen-bond donors (Lipinski definition) is 0. The highest BCUT2D eigenvalue weighted by Gasteiger charge is 2.24. The highest BCUT2D eigenvalue weighted by molar-refractivity contribution is 5.02. The van der Waals surface area contributed by atoms with E-state index in [-0.39, 0.29) is 5.54 Å². The molecular formula is C9H18N2. The summed E-state index contributed by atoms with van der Waals surface area (Å²) in [5.41, 5.74) is 0.172. The summed E-state index contributed by atoms with van der Waals surface area (Å²) >= 11 is 0.